The van der Waals surface area contributed by atoms with E-state index >= 15 is 0 Å². The van der Waals surface area contributed by atoms with Crippen LogP contribution >= 0.6 is 0 Å². The Morgan fingerprint density at radius 2 is 0.656 bits per heavy atom. The summed E-state index contributed by atoms with van der Waals surface area (Å²) in [4.78, 5) is 0. The van der Waals surface area contributed by atoms with Crippen LogP contribution in [0.2, 0.25) is 0 Å². The highest BCUT2D eigenvalue weighted by Gasteiger charge is 1.92. The van der Waals surface area contributed by atoms with Gasteiger partial charge in [-0.15, -0.1) is 0 Å². The van der Waals surface area contributed by atoms with Crippen LogP contribution in [0.25, 0.3) is 0 Å². The third kappa shape index (κ3) is 26.4. The van der Waals surface area contributed by atoms with Gasteiger partial charge in [0.15, 0.2) is 0 Å². The van der Waals surface area contributed by atoms with Crippen molar-refractivity contribution in [2.24, 2.45) is 0 Å². The molecule has 0 bridgehead atoms. The van der Waals surface area contributed by atoms with Crippen LogP contribution in [-0.2, 0) is 0 Å². The normalized spacial score (nSPS) is 12.8. The van der Waals surface area contributed by atoms with Gasteiger partial charge in [-0.2, -0.15) is 0 Å². The van der Waals surface area contributed by atoms with E-state index in [0.29, 0.717) is 0 Å². The van der Waals surface area contributed by atoms with E-state index in [-0.39, 0.29) is 13.2 Å². The Bertz CT molecular complexity index is 588. The molecule has 0 spiro atoms. The molecule has 2 nitrogen and oxygen atoms in total. The number of aliphatic hydroxyl groups is 2. The number of aliphatic hydroxyl groups excluding tert-OH is 2. The summed E-state index contributed by atoms with van der Waals surface area (Å²) in [5.41, 5.74) is 8.28. The fourth-order valence-electron chi connectivity index (χ4n) is 2.99. The third-order valence-corrected chi connectivity index (χ3v) is 5.12. The summed E-state index contributed by atoms with van der Waals surface area (Å²) < 4.78 is 0. The van der Waals surface area contributed by atoms with Crippen molar-refractivity contribution in [2.75, 3.05) is 13.2 Å². The van der Waals surface area contributed by atoms with Crippen LogP contribution in [0.3, 0.4) is 0 Å². The van der Waals surface area contributed by atoms with Crippen LogP contribution in [-0.4, -0.2) is 23.4 Å². The predicted molar refractivity (Wildman–Crippen MR) is 145 cm³/mol. The molecule has 0 fully saturated rings. The Labute approximate surface area is 200 Å². The minimum atomic E-state index is 0.162. The summed E-state index contributed by atoms with van der Waals surface area (Å²) >= 11 is 0. The van der Waals surface area contributed by atoms with E-state index in [0.717, 1.165) is 51.4 Å². The van der Waals surface area contributed by atoms with Gasteiger partial charge >= 0.3 is 0 Å². The Hall–Kier alpha value is -1.64. The zero-order chi connectivity index (χ0) is 24.8. The van der Waals surface area contributed by atoms with Gasteiger partial charge in [0.2, 0.25) is 0 Å². The van der Waals surface area contributed by atoms with Gasteiger partial charge in [-0.3, -0.25) is 0 Å². The standard InChI is InChI=1S/2C15H26O/c2*1-13(2)7-5-8-14(3)9-6-10-15(4)11-12-16/h2*7,9,11,16H,5-6,8,10,12H2,1-4H3. The average molecular weight is 445 g/mol. The molecule has 0 aliphatic rings. The molecule has 2 heteroatoms. The molecule has 0 atom stereocenters. The molecule has 0 heterocycles. The minimum absolute atomic E-state index is 0.162. The first-order chi connectivity index (χ1) is 15.1. The zero-order valence-corrected chi connectivity index (χ0v) is 22.4. The molecule has 184 valence electrons. The lowest BCUT2D eigenvalue weighted by molar-refractivity contribution is 0.341. The maximum atomic E-state index is 8.72. The van der Waals surface area contributed by atoms with Crippen molar-refractivity contribution in [3.63, 3.8) is 0 Å². The molecule has 0 rings (SSSR count). The Morgan fingerprint density at radius 3 is 0.906 bits per heavy atom. The first kappa shape index (κ1) is 32.5. The van der Waals surface area contributed by atoms with Crippen molar-refractivity contribution in [3.8, 4) is 0 Å². The van der Waals surface area contributed by atoms with Gasteiger partial charge in [0.05, 0.1) is 13.2 Å². The van der Waals surface area contributed by atoms with E-state index in [1.165, 1.54) is 33.4 Å². The monoisotopic (exact) mass is 444 g/mol. The Kier molecular flexibility index (Phi) is 22.9. The van der Waals surface area contributed by atoms with Crippen LogP contribution in [0, 0.1) is 0 Å². The SMILES string of the molecule is CC(C)=CCCC(C)=CCCC(C)=CCO.CC(C)=CCCC(C)=CCCC(C)=CCO. The summed E-state index contributed by atoms with van der Waals surface area (Å²) in [6.45, 7) is 17.4. The summed E-state index contributed by atoms with van der Waals surface area (Å²) in [5, 5.41) is 17.4. The molecule has 0 aromatic carbocycles. The topological polar surface area (TPSA) is 40.5 Å². The zero-order valence-electron chi connectivity index (χ0n) is 22.4. The van der Waals surface area contributed by atoms with E-state index in [2.05, 4.69) is 79.7 Å². The van der Waals surface area contributed by atoms with Gasteiger partial charge in [0, 0.05) is 0 Å². The van der Waals surface area contributed by atoms with E-state index in [1.54, 1.807) is 0 Å². The number of hydrogen-bond acceptors (Lipinski definition) is 2. The minimum Gasteiger partial charge on any atom is -0.392 e. The van der Waals surface area contributed by atoms with Crippen molar-refractivity contribution in [1.29, 1.82) is 0 Å². The molecule has 0 amide bonds. The summed E-state index contributed by atoms with van der Waals surface area (Å²) in [6.07, 6.45) is 21.9. The number of hydrogen-bond donors (Lipinski definition) is 2. The maximum Gasteiger partial charge on any atom is 0.0614 e. The quantitative estimate of drug-likeness (QED) is 0.263. The molecular formula is C30H52O2. The van der Waals surface area contributed by atoms with Crippen LogP contribution in [0.4, 0.5) is 0 Å². The molecule has 2 N–H and O–H groups in total. The molecule has 0 aliphatic carbocycles. The molecule has 0 saturated heterocycles. The van der Waals surface area contributed by atoms with Gasteiger partial charge in [-0.05, 0) is 107 Å². The molecule has 0 unspecified atom stereocenters. The maximum absolute atomic E-state index is 8.72. The van der Waals surface area contributed by atoms with Gasteiger partial charge in [-0.25, -0.2) is 0 Å². The highest BCUT2D eigenvalue weighted by Crippen LogP contribution is 2.12. The van der Waals surface area contributed by atoms with Crippen LogP contribution in [0.1, 0.15) is 107 Å². The van der Waals surface area contributed by atoms with E-state index in [1.807, 2.05) is 12.2 Å². The largest absolute Gasteiger partial charge is 0.392 e. The second-order valence-electron chi connectivity index (χ2n) is 9.28. The molecule has 0 radical (unpaired) electrons. The second kappa shape index (κ2) is 22.6. The summed E-state index contributed by atoms with van der Waals surface area (Å²) in [7, 11) is 0. The van der Waals surface area contributed by atoms with E-state index < -0.39 is 0 Å². The fraction of sp³-hybridized carbons (Fsp3) is 0.600. The number of rotatable bonds is 14. The summed E-state index contributed by atoms with van der Waals surface area (Å²) in [5.74, 6) is 0. The lowest BCUT2D eigenvalue weighted by Crippen LogP contribution is -1.82. The third-order valence-electron chi connectivity index (χ3n) is 5.12. The van der Waals surface area contributed by atoms with Crippen molar-refractivity contribution in [2.45, 2.75) is 107 Å². The van der Waals surface area contributed by atoms with Crippen molar-refractivity contribution < 1.29 is 10.2 Å². The van der Waals surface area contributed by atoms with Crippen molar-refractivity contribution in [3.05, 3.63) is 69.9 Å². The Balaban J connectivity index is 0. The van der Waals surface area contributed by atoms with Gasteiger partial charge < -0.3 is 10.2 Å². The predicted octanol–water partition coefficient (Wildman–Crippen LogP) is 8.80. The van der Waals surface area contributed by atoms with Crippen LogP contribution in [0.5, 0.6) is 0 Å². The molecule has 32 heavy (non-hydrogen) atoms. The highest BCUT2D eigenvalue weighted by atomic mass is 16.3. The van der Waals surface area contributed by atoms with E-state index in [9.17, 15) is 0 Å². The highest BCUT2D eigenvalue weighted by molar-refractivity contribution is 5.06. The molecule has 0 saturated carbocycles. The lowest BCUT2D eigenvalue weighted by atomic mass is 10.1. The first-order valence-corrected chi connectivity index (χ1v) is 12.2. The average Bonchev–Trinajstić information content (AvgIpc) is 2.68. The van der Waals surface area contributed by atoms with Gasteiger partial charge in [0.25, 0.3) is 0 Å². The van der Waals surface area contributed by atoms with Crippen LogP contribution < -0.4 is 0 Å². The van der Waals surface area contributed by atoms with E-state index in [4.69, 9.17) is 10.2 Å². The smallest absolute Gasteiger partial charge is 0.0614 e. The lowest BCUT2D eigenvalue weighted by Gasteiger charge is -2.00. The van der Waals surface area contributed by atoms with Gasteiger partial charge in [-0.1, -0.05) is 69.9 Å². The van der Waals surface area contributed by atoms with Crippen molar-refractivity contribution in [1.82, 2.24) is 0 Å². The van der Waals surface area contributed by atoms with Gasteiger partial charge in [0.1, 0.15) is 0 Å². The first-order valence-electron chi connectivity index (χ1n) is 12.2. The fourth-order valence-corrected chi connectivity index (χ4v) is 2.99. The van der Waals surface area contributed by atoms with Crippen LogP contribution in [0.15, 0.2) is 69.9 Å². The second-order valence-corrected chi connectivity index (χ2v) is 9.28. The molecule has 0 aromatic rings. The summed E-state index contributed by atoms with van der Waals surface area (Å²) in [6, 6.07) is 0. The van der Waals surface area contributed by atoms with Crippen molar-refractivity contribution >= 4 is 0 Å². The number of allylic oxidation sites excluding steroid dienone is 10. The Morgan fingerprint density at radius 1 is 0.406 bits per heavy atom. The molecular weight excluding hydrogens is 392 g/mol. The molecule has 0 aromatic heterocycles. The molecule has 0 aliphatic heterocycles.